The summed E-state index contributed by atoms with van der Waals surface area (Å²) in [5.74, 6) is -3.93. The van der Waals surface area contributed by atoms with E-state index in [4.69, 9.17) is 14.2 Å². The summed E-state index contributed by atoms with van der Waals surface area (Å²) < 4.78 is 16.2. The average Bonchev–Trinajstić information content (AvgIpc) is 3.01. The highest BCUT2D eigenvalue weighted by atomic mass is 16.7. The molecule has 3 aliphatic heterocycles. The lowest BCUT2D eigenvalue weighted by Crippen LogP contribution is -2.48. The van der Waals surface area contributed by atoms with E-state index in [1.54, 1.807) is 13.8 Å². The topological polar surface area (TPSA) is 99.1 Å². The first-order valence-electron chi connectivity index (χ1n) is 7.08. The minimum atomic E-state index is -1.12. The van der Waals surface area contributed by atoms with Crippen LogP contribution in [-0.4, -0.2) is 47.4 Å². The normalized spacial score (nSPS) is 40.2. The fraction of sp³-hybridized carbons (Fsp3) is 0.786. The first-order chi connectivity index (χ1) is 9.77. The molecule has 0 amide bonds. The standard InChI is InChI=1S/C14H18O7/c1-4-14(2,3)13(18)21-10-7-5(11(15)16)6-8(19-7)9(10)20-12(6)17/h5-10H,4H2,1-3H3,(H,15,16). The summed E-state index contributed by atoms with van der Waals surface area (Å²) in [5.41, 5.74) is -0.678. The number of carboxylic acids is 1. The minimum absolute atomic E-state index is 0.435. The van der Waals surface area contributed by atoms with Crippen LogP contribution in [0.15, 0.2) is 0 Å². The van der Waals surface area contributed by atoms with Crippen LogP contribution in [0.1, 0.15) is 27.2 Å². The van der Waals surface area contributed by atoms with Gasteiger partial charge in [0, 0.05) is 0 Å². The van der Waals surface area contributed by atoms with E-state index in [0.29, 0.717) is 6.42 Å². The zero-order chi connectivity index (χ0) is 15.5. The van der Waals surface area contributed by atoms with Crippen molar-refractivity contribution in [1.82, 2.24) is 0 Å². The van der Waals surface area contributed by atoms with Crippen LogP contribution >= 0.6 is 0 Å². The first kappa shape index (κ1) is 14.3. The molecule has 3 aliphatic rings. The Bertz CT molecular complexity index is 511. The summed E-state index contributed by atoms with van der Waals surface area (Å²) in [7, 11) is 0. The molecular formula is C14H18O7. The molecule has 0 aromatic carbocycles. The highest BCUT2D eigenvalue weighted by Crippen LogP contribution is 2.51. The lowest BCUT2D eigenvalue weighted by molar-refractivity contribution is -0.171. The maximum Gasteiger partial charge on any atom is 0.313 e. The fourth-order valence-corrected chi connectivity index (χ4v) is 3.18. The molecule has 0 aromatic heterocycles. The Hall–Kier alpha value is -1.63. The monoisotopic (exact) mass is 298 g/mol. The van der Waals surface area contributed by atoms with Gasteiger partial charge in [-0.1, -0.05) is 6.92 Å². The van der Waals surface area contributed by atoms with Crippen LogP contribution in [-0.2, 0) is 28.6 Å². The molecule has 0 aromatic rings. The Kier molecular flexibility index (Phi) is 3.02. The van der Waals surface area contributed by atoms with Crippen molar-refractivity contribution in [3.8, 4) is 0 Å². The van der Waals surface area contributed by atoms with Gasteiger partial charge in [-0.05, 0) is 20.3 Å². The third-order valence-electron chi connectivity index (χ3n) is 4.87. The summed E-state index contributed by atoms with van der Waals surface area (Å²) in [6.45, 7) is 5.37. The zero-order valence-corrected chi connectivity index (χ0v) is 12.1. The van der Waals surface area contributed by atoms with Gasteiger partial charge >= 0.3 is 17.9 Å². The molecule has 0 radical (unpaired) electrons. The number of aliphatic carboxylic acids is 1. The highest BCUT2D eigenvalue weighted by Gasteiger charge is 2.71. The fourth-order valence-electron chi connectivity index (χ4n) is 3.18. The molecule has 1 N–H and O–H groups in total. The van der Waals surface area contributed by atoms with Gasteiger partial charge in [0.25, 0.3) is 0 Å². The van der Waals surface area contributed by atoms with Crippen molar-refractivity contribution in [2.24, 2.45) is 17.3 Å². The van der Waals surface area contributed by atoms with Crippen molar-refractivity contribution in [1.29, 1.82) is 0 Å². The number of fused-ring (bicyclic) bond motifs is 1. The SMILES string of the molecule is CCC(C)(C)C(=O)OC1C2OC(=O)C3C2OC1C3C(=O)O. The number of ether oxygens (including phenoxy) is 3. The van der Waals surface area contributed by atoms with Crippen molar-refractivity contribution in [2.75, 3.05) is 0 Å². The Morgan fingerprint density at radius 2 is 1.95 bits per heavy atom. The number of esters is 2. The number of rotatable bonds is 4. The van der Waals surface area contributed by atoms with Gasteiger partial charge < -0.3 is 19.3 Å². The molecule has 0 spiro atoms. The Morgan fingerprint density at radius 1 is 1.29 bits per heavy atom. The number of carbonyl (C=O) groups is 3. The maximum absolute atomic E-state index is 12.2. The van der Waals surface area contributed by atoms with Gasteiger partial charge in [-0.25, -0.2) is 0 Å². The average molecular weight is 298 g/mol. The predicted octanol–water partition coefficient (Wildman–Crippen LogP) is 0.358. The van der Waals surface area contributed by atoms with Crippen LogP contribution in [0, 0.1) is 17.3 Å². The summed E-state index contributed by atoms with van der Waals surface area (Å²) in [6.07, 6.45) is -2.36. The number of hydrogen-bond acceptors (Lipinski definition) is 6. The van der Waals surface area contributed by atoms with Crippen LogP contribution in [0.5, 0.6) is 0 Å². The van der Waals surface area contributed by atoms with Crippen LogP contribution in [0.3, 0.4) is 0 Å². The summed E-state index contributed by atoms with van der Waals surface area (Å²) in [6, 6.07) is 0. The maximum atomic E-state index is 12.2. The lowest BCUT2D eigenvalue weighted by Gasteiger charge is -2.29. The van der Waals surface area contributed by atoms with Crippen molar-refractivity contribution >= 4 is 17.9 Å². The molecular weight excluding hydrogens is 280 g/mol. The van der Waals surface area contributed by atoms with Crippen LogP contribution in [0.4, 0.5) is 0 Å². The van der Waals surface area contributed by atoms with Crippen molar-refractivity contribution in [3.63, 3.8) is 0 Å². The van der Waals surface area contributed by atoms with E-state index in [0.717, 1.165) is 0 Å². The van der Waals surface area contributed by atoms with Gasteiger partial charge in [0.15, 0.2) is 12.2 Å². The molecule has 3 saturated heterocycles. The number of hydrogen-bond donors (Lipinski definition) is 1. The lowest BCUT2D eigenvalue weighted by atomic mass is 9.78. The van der Waals surface area contributed by atoms with E-state index in [-0.39, 0.29) is 0 Å². The predicted molar refractivity (Wildman–Crippen MR) is 67.1 cm³/mol. The largest absolute Gasteiger partial charge is 0.481 e. The first-order valence-corrected chi connectivity index (χ1v) is 7.08. The molecule has 3 rings (SSSR count). The smallest absolute Gasteiger partial charge is 0.313 e. The molecule has 116 valence electrons. The second-order valence-electron chi connectivity index (χ2n) is 6.46. The van der Waals surface area contributed by atoms with E-state index in [1.807, 2.05) is 6.92 Å². The second kappa shape index (κ2) is 4.43. The van der Waals surface area contributed by atoms with Crippen LogP contribution in [0.25, 0.3) is 0 Å². The van der Waals surface area contributed by atoms with Gasteiger partial charge in [0.1, 0.15) is 24.0 Å². The van der Waals surface area contributed by atoms with E-state index in [9.17, 15) is 19.5 Å². The zero-order valence-electron chi connectivity index (χ0n) is 12.1. The molecule has 6 atom stereocenters. The van der Waals surface area contributed by atoms with E-state index in [2.05, 4.69) is 0 Å². The molecule has 3 fully saturated rings. The van der Waals surface area contributed by atoms with Crippen molar-refractivity contribution in [3.05, 3.63) is 0 Å². The van der Waals surface area contributed by atoms with Crippen LogP contribution in [0.2, 0.25) is 0 Å². The number of carbonyl (C=O) groups excluding carboxylic acids is 2. The Labute approximate surface area is 121 Å². The third-order valence-corrected chi connectivity index (χ3v) is 4.87. The van der Waals surface area contributed by atoms with Gasteiger partial charge in [0.2, 0.25) is 0 Å². The molecule has 3 heterocycles. The second-order valence-corrected chi connectivity index (χ2v) is 6.46. The number of carboxylic acid groups (broad SMARTS) is 1. The molecule has 2 bridgehead atoms. The van der Waals surface area contributed by atoms with E-state index < -0.39 is 59.6 Å². The molecule has 6 unspecified atom stereocenters. The summed E-state index contributed by atoms with van der Waals surface area (Å²) >= 11 is 0. The van der Waals surface area contributed by atoms with E-state index in [1.165, 1.54) is 0 Å². The highest BCUT2D eigenvalue weighted by molar-refractivity contribution is 5.86. The van der Waals surface area contributed by atoms with E-state index >= 15 is 0 Å². The quantitative estimate of drug-likeness (QED) is 0.748. The Morgan fingerprint density at radius 3 is 2.52 bits per heavy atom. The summed E-state index contributed by atoms with van der Waals surface area (Å²) in [4.78, 5) is 35.4. The van der Waals surface area contributed by atoms with Crippen LogP contribution < -0.4 is 0 Å². The third kappa shape index (κ3) is 1.87. The van der Waals surface area contributed by atoms with Gasteiger partial charge in [0.05, 0.1) is 5.41 Å². The molecule has 0 aliphatic carbocycles. The van der Waals surface area contributed by atoms with Crippen molar-refractivity contribution < 1.29 is 33.7 Å². The Balaban J connectivity index is 1.84. The van der Waals surface area contributed by atoms with Crippen molar-refractivity contribution in [2.45, 2.75) is 51.6 Å². The molecule has 7 nitrogen and oxygen atoms in total. The van der Waals surface area contributed by atoms with Gasteiger partial charge in [-0.2, -0.15) is 0 Å². The molecule has 21 heavy (non-hydrogen) atoms. The van der Waals surface area contributed by atoms with Gasteiger partial charge in [-0.15, -0.1) is 0 Å². The molecule has 7 heteroatoms. The molecule has 0 saturated carbocycles. The van der Waals surface area contributed by atoms with Gasteiger partial charge in [-0.3, -0.25) is 14.4 Å². The summed E-state index contributed by atoms with van der Waals surface area (Å²) in [5, 5.41) is 9.30. The minimum Gasteiger partial charge on any atom is -0.481 e.